The number of ether oxygens (including phenoxy) is 1. The molecule has 8 heteroatoms. The number of nitrogens with one attached hydrogen (secondary N) is 1. The van der Waals surface area contributed by atoms with Gasteiger partial charge >= 0.3 is 12.0 Å². The van der Waals surface area contributed by atoms with Crippen molar-refractivity contribution in [2.45, 2.75) is 18.9 Å². The van der Waals surface area contributed by atoms with Crippen molar-refractivity contribution >= 4 is 17.9 Å². The fourth-order valence-corrected chi connectivity index (χ4v) is 1.76. The Morgan fingerprint density at radius 2 is 2.17 bits per heavy atom. The Morgan fingerprint density at radius 3 is 2.78 bits per heavy atom. The van der Waals surface area contributed by atoms with Crippen molar-refractivity contribution in [3.8, 4) is 0 Å². The van der Waals surface area contributed by atoms with Gasteiger partial charge in [-0.3, -0.25) is 19.8 Å². The van der Waals surface area contributed by atoms with E-state index in [1.54, 1.807) is 0 Å². The molecule has 1 heterocycles. The fraction of sp³-hybridized carbons (Fsp3) is 0.700. The van der Waals surface area contributed by atoms with E-state index in [0.29, 0.717) is 26.2 Å². The molecule has 0 aliphatic carbocycles. The Labute approximate surface area is 104 Å². The SMILES string of the molecule is NC(=O)NC(=O)CCN1CCOC(CC(=O)O)C1. The lowest BCUT2D eigenvalue weighted by atomic mass is 10.2. The van der Waals surface area contributed by atoms with Gasteiger partial charge in [0.1, 0.15) is 0 Å². The number of carbonyl (C=O) groups is 3. The van der Waals surface area contributed by atoms with Crippen molar-refractivity contribution < 1.29 is 24.2 Å². The van der Waals surface area contributed by atoms with Crippen LogP contribution in [-0.2, 0) is 14.3 Å². The van der Waals surface area contributed by atoms with Gasteiger partial charge in [-0.05, 0) is 0 Å². The largest absolute Gasteiger partial charge is 0.481 e. The summed E-state index contributed by atoms with van der Waals surface area (Å²) < 4.78 is 5.29. The van der Waals surface area contributed by atoms with E-state index in [0.717, 1.165) is 0 Å². The third-order valence-corrected chi connectivity index (χ3v) is 2.54. The van der Waals surface area contributed by atoms with Crippen LogP contribution in [0.4, 0.5) is 4.79 Å². The Balaban J connectivity index is 2.27. The minimum Gasteiger partial charge on any atom is -0.481 e. The summed E-state index contributed by atoms with van der Waals surface area (Å²) >= 11 is 0. The number of morpholine rings is 1. The zero-order valence-electron chi connectivity index (χ0n) is 9.92. The molecule has 0 aromatic carbocycles. The number of aliphatic carboxylic acids is 1. The van der Waals surface area contributed by atoms with Crippen LogP contribution in [-0.4, -0.2) is 60.3 Å². The first-order chi connectivity index (χ1) is 8.47. The summed E-state index contributed by atoms with van der Waals surface area (Å²) in [5.74, 6) is -1.35. The molecule has 3 amide bonds. The third kappa shape index (κ3) is 5.60. The molecule has 102 valence electrons. The summed E-state index contributed by atoms with van der Waals surface area (Å²) in [5, 5.41) is 10.6. The maximum Gasteiger partial charge on any atom is 0.318 e. The summed E-state index contributed by atoms with van der Waals surface area (Å²) in [6, 6.07) is -0.870. The second kappa shape index (κ2) is 6.92. The van der Waals surface area contributed by atoms with E-state index >= 15 is 0 Å². The van der Waals surface area contributed by atoms with Crippen LogP contribution in [0.25, 0.3) is 0 Å². The third-order valence-electron chi connectivity index (χ3n) is 2.54. The van der Waals surface area contributed by atoms with Crippen LogP contribution in [0.1, 0.15) is 12.8 Å². The van der Waals surface area contributed by atoms with Crippen LogP contribution >= 0.6 is 0 Å². The molecule has 0 radical (unpaired) electrons. The summed E-state index contributed by atoms with van der Waals surface area (Å²) in [6.07, 6.45) is -0.261. The molecular weight excluding hydrogens is 242 g/mol. The van der Waals surface area contributed by atoms with Gasteiger partial charge in [0.25, 0.3) is 0 Å². The van der Waals surface area contributed by atoms with Crippen LogP contribution in [0.2, 0.25) is 0 Å². The second-order valence-electron chi connectivity index (χ2n) is 4.05. The normalized spacial score (nSPS) is 20.3. The Hall–Kier alpha value is -1.67. The smallest absolute Gasteiger partial charge is 0.318 e. The van der Waals surface area contributed by atoms with Gasteiger partial charge in [0, 0.05) is 26.1 Å². The number of hydrogen-bond donors (Lipinski definition) is 3. The minimum atomic E-state index is -0.909. The Bertz CT molecular complexity index is 333. The van der Waals surface area contributed by atoms with E-state index in [2.05, 4.69) is 0 Å². The highest BCUT2D eigenvalue weighted by atomic mass is 16.5. The number of imide groups is 1. The highest BCUT2D eigenvalue weighted by Crippen LogP contribution is 2.08. The van der Waals surface area contributed by atoms with Gasteiger partial charge in [-0.15, -0.1) is 0 Å². The molecular formula is C10H17N3O5. The van der Waals surface area contributed by atoms with Gasteiger partial charge in [0.05, 0.1) is 19.1 Å². The molecule has 1 saturated heterocycles. The monoisotopic (exact) mass is 259 g/mol. The van der Waals surface area contributed by atoms with Crippen LogP contribution in [0.15, 0.2) is 0 Å². The number of nitrogens with two attached hydrogens (primary N) is 1. The maximum absolute atomic E-state index is 11.2. The van der Waals surface area contributed by atoms with Gasteiger partial charge in [0.2, 0.25) is 5.91 Å². The number of hydrogen-bond acceptors (Lipinski definition) is 5. The quantitative estimate of drug-likeness (QED) is 0.567. The first-order valence-corrected chi connectivity index (χ1v) is 5.62. The molecule has 0 aromatic rings. The average molecular weight is 259 g/mol. The molecule has 1 unspecified atom stereocenters. The standard InChI is InChI=1S/C10H17N3O5/c11-10(17)12-8(14)1-2-13-3-4-18-7(6-13)5-9(15)16/h7H,1-6H2,(H,15,16)(H3,11,12,14,17). The molecule has 1 aliphatic rings. The predicted octanol–water partition coefficient (Wildman–Crippen LogP) is -1.25. The van der Waals surface area contributed by atoms with Crippen molar-refractivity contribution in [2.75, 3.05) is 26.2 Å². The highest BCUT2D eigenvalue weighted by molar-refractivity contribution is 5.93. The lowest BCUT2D eigenvalue weighted by Gasteiger charge is -2.31. The number of carbonyl (C=O) groups excluding carboxylic acids is 2. The molecule has 1 atom stereocenters. The Morgan fingerprint density at radius 1 is 1.44 bits per heavy atom. The van der Waals surface area contributed by atoms with Crippen LogP contribution in [0.5, 0.6) is 0 Å². The molecule has 4 N–H and O–H groups in total. The van der Waals surface area contributed by atoms with Crippen molar-refractivity contribution in [2.24, 2.45) is 5.73 Å². The molecule has 1 aliphatic heterocycles. The number of nitrogens with zero attached hydrogens (tertiary/aromatic N) is 1. The summed E-state index contributed by atoms with van der Waals surface area (Å²) in [7, 11) is 0. The van der Waals surface area contributed by atoms with Crippen LogP contribution in [0, 0.1) is 0 Å². The summed E-state index contributed by atoms with van der Waals surface area (Å²) in [4.78, 5) is 34.1. The molecule has 0 bridgehead atoms. The van der Waals surface area contributed by atoms with E-state index in [1.165, 1.54) is 0 Å². The molecule has 0 saturated carbocycles. The first-order valence-electron chi connectivity index (χ1n) is 5.62. The van der Waals surface area contributed by atoms with Gasteiger partial charge < -0.3 is 15.6 Å². The topological polar surface area (TPSA) is 122 Å². The van der Waals surface area contributed by atoms with E-state index in [4.69, 9.17) is 15.6 Å². The van der Waals surface area contributed by atoms with Gasteiger partial charge in [-0.25, -0.2) is 4.79 Å². The zero-order chi connectivity index (χ0) is 13.5. The van der Waals surface area contributed by atoms with E-state index in [-0.39, 0.29) is 18.9 Å². The molecule has 0 aromatic heterocycles. The molecule has 8 nitrogen and oxygen atoms in total. The van der Waals surface area contributed by atoms with E-state index in [9.17, 15) is 14.4 Å². The fourth-order valence-electron chi connectivity index (χ4n) is 1.76. The number of urea groups is 1. The van der Waals surface area contributed by atoms with E-state index in [1.807, 2.05) is 10.2 Å². The number of carboxylic acid groups (broad SMARTS) is 1. The molecule has 18 heavy (non-hydrogen) atoms. The zero-order valence-corrected chi connectivity index (χ0v) is 9.92. The number of rotatable bonds is 5. The van der Waals surface area contributed by atoms with Crippen molar-refractivity contribution in [1.82, 2.24) is 10.2 Å². The van der Waals surface area contributed by atoms with Gasteiger partial charge in [-0.2, -0.15) is 0 Å². The second-order valence-corrected chi connectivity index (χ2v) is 4.05. The predicted molar refractivity (Wildman–Crippen MR) is 60.8 cm³/mol. The maximum atomic E-state index is 11.2. The first kappa shape index (κ1) is 14.4. The molecule has 1 fully saturated rings. The molecule has 1 rings (SSSR count). The van der Waals surface area contributed by atoms with E-state index < -0.39 is 17.9 Å². The van der Waals surface area contributed by atoms with Crippen LogP contribution in [0.3, 0.4) is 0 Å². The van der Waals surface area contributed by atoms with Gasteiger partial charge in [-0.1, -0.05) is 0 Å². The number of carboxylic acids is 1. The number of amides is 3. The number of primary amides is 1. The lowest BCUT2D eigenvalue weighted by molar-refractivity contribution is -0.142. The minimum absolute atomic E-state index is 0.0516. The highest BCUT2D eigenvalue weighted by Gasteiger charge is 2.22. The van der Waals surface area contributed by atoms with Gasteiger partial charge in [0.15, 0.2) is 0 Å². The average Bonchev–Trinajstić information content (AvgIpc) is 2.25. The molecule has 0 spiro atoms. The Kier molecular flexibility index (Phi) is 5.53. The lowest BCUT2D eigenvalue weighted by Crippen LogP contribution is -2.45. The van der Waals surface area contributed by atoms with Crippen molar-refractivity contribution in [3.63, 3.8) is 0 Å². The summed E-state index contributed by atoms with van der Waals surface area (Å²) in [6.45, 7) is 1.99. The summed E-state index contributed by atoms with van der Waals surface area (Å²) in [5.41, 5.74) is 4.81. The van der Waals surface area contributed by atoms with Crippen molar-refractivity contribution in [3.05, 3.63) is 0 Å². The van der Waals surface area contributed by atoms with Crippen molar-refractivity contribution in [1.29, 1.82) is 0 Å². The van der Waals surface area contributed by atoms with Crippen LogP contribution < -0.4 is 11.1 Å².